The third-order valence-corrected chi connectivity index (χ3v) is 8.59. The first-order valence-electron chi connectivity index (χ1n) is 15.0. The molecule has 0 spiro atoms. The van der Waals surface area contributed by atoms with Gasteiger partial charge in [-0.3, -0.25) is 19.6 Å². The smallest absolute Gasteiger partial charge is 0.256 e. The fraction of sp³-hybridized carbons (Fsp3) is 0.394. The highest BCUT2D eigenvalue weighted by Crippen LogP contribution is 2.46. The summed E-state index contributed by atoms with van der Waals surface area (Å²) >= 11 is 0. The van der Waals surface area contributed by atoms with E-state index in [1.165, 1.54) is 0 Å². The predicted molar refractivity (Wildman–Crippen MR) is 165 cm³/mol. The molecule has 9 nitrogen and oxygen atoms in total. The number of nitrogens with one attached hydrogen (secondary N) is 1. The molecule has 1 fully saturated rings. The second-order valence-corrected chi connectivity index (χ2v) is 11.2. The topological polar surface area (TPSA) is 92.6 Å². The molecule has 4 heterocycles. The van der Waals surface area contributed by atoms with Gasteiger partial charge < -0.3 is 24.4 Å². The molecule has 2 aliphatic rings. The number of hydrogen-bond acceptors (Lipinski definition) is 7. The number of pyridine rings is 1. The zero-order chi connectivity index (χ0) is 29.2. The van der Waals surface area contributed by atoms with Crippen LogP contribution in [0.1, 0.15) is 62.0 Å². The van der Waals surface area contributed by atoms with E-state index in [9.17, 15) is 9.59 Å². The number of benzene rings is 2. The average Bonchev–Trinajstić information content (AvgIpc) is 3.51. The molecule has 218 valence electrons. The number of hydrogen-bond donors (Lipinski definition) is 1. The van der Waals surface area contributed by atoms with Crippen LogP contribution in [0.25, 0.3) is 16.6 Å². The predicted octanol–water partition coefficient (Wildman–Crippen LogP) is 5.12. The number of para-hydroxylation sites is 2. The van der Waals surface area contributed by atoms with Crippen molar-refractivity contribution in [1.82, 2.24) is 24.8 Å². The first kappa shape index (κ1) is 27.9. The summed E-state index contributed by atoms with van der Waals surface area (Å²) in [6.07, 6.45) is 9.72. The van der Waals surface area contributed by atoms with Crippen LogP contribution in [-0.2, 0) is 0 Å². The second-order valence-electron chi connectivity index (χ2n) is 11.2. The molecular formula is C33H38N6O3. The number of amides is 1. The van der Waals surface area contributed by atoms with Crippen LogP contribution in [0, 0.1) is 0 Å². The molecule has 1 saturated heterocycles. The Balaban J connectivity index is 1.33. The van der Waals surface area contributed by atoms with E-state index in [1.54, 1.807) is 18.6 Å². The monoisotopic (exact) mass is 566 g/mol. The molecule has 0 radical (unpaired) electrons. The van der Waals surface area contributed by atoms with E-state index in [2.05, 4.69) is 38.9 Å². The molecule has 2 aromatic carbocycles. The molecule has 4 aromatic rings. The largest absolute Gasteiger partial charge is 0.451 e. The Bertz CT molecular complexity index is 1650. The first-order valence-corrected chi connectivity index (χ1v) is 15.0. The Kier molecular flexibility index (Phi) is 7.93. The van der Waals surface area contributed by atoms with E-state index in [1.807, 2.05) is 54.1 Å². The van der Waals surface area contributed by atoms with Gasteiger partial charge in [-0.25, -0.2) is 0 Å². The van der Waals surface area contributed by atoms with E-state index >= 15 is 0 Å². The fourth-order valence-corrected chi connectivity index (χ4v) is 6.21. The van der Waals surface area contributed by atoms with Crippen molar-refractivity contribution in [2.24, 2.45) is 0 Å². The van der Waals surface area contributed by atoms with Crippen LogP contribution in [0.2, 0.25) is 0 Å². The van der Waals surface area contributed by atoms with Crippen molar-refractivity contribution in [2.75, 3.05) is 37.6 Å². The SMILES string of the molecule is CCN(CC)CCCC(C)NC(=O)c1cn2c3c(c(N4CCC(c5cnccn5)C4)ccc3c1=O)Oc1ccccc1-2. The van der Waals surface area contributed by atoms with Crippen LogP contribution in [0.5, 0.6) is 11.5 Å². The van der Waals surface area contributed by atoms with Crippen LogP contribution < -0.4 is 20.4 Å². The highest BCUT2D eigenvalue weighted by Gasteiger charge is 2.31. The van der Waals surface area contributed by atoms with Crippen molar-refractivity contribution in [3.8, 4) is 17.2 Å². The van der Waals surface area contributed by atoms with Gasteiger partial charge in [0.1, 0.15) is 11.1 Å². The summed E-state index contributed by atoms with van der Waals surface area (Å²) in [5.41, 5.74) is 3.24. The van der Waals surface area contributed by atoms with E-state index in [-0.39, 0.29) is 28.9 Å². The van der Waals surface area contributed by atoms with Gasteiger partial charge in [-0.2, -0.15) is 0 Å². The van der Waals surface area contributed by atoms with Crippen LogP contribution in [0.4, 0.5) is 5.69 Å². The molecule has 0 saturated carbocycles. The Morgan fingerprint density at radius 1 is 1.14 bits per heavy atom. The number of rotatable bonds is 10. The van der Waals surface area contributed by atoms with Gasteiger partial charge in [0, 0.05) is 49.8 Å². The summed E-state index contributed by atoms with van der Waals surface area (Å²) < 4.78 is 8.45. The van der Waals surface area contributed by atoms with E-state index in [4.69, 9.17) is 4.74 Å². The highest BCUT2D eigenvalue weighted by atomic mass is 16.5. The highest BCUT2D eigenvalue weighted by molar-refractivity contribution is 6.01. The number of carbonyl (C=O) groups excluding carboxylic acids is 1. The van der Waals surface area contributed by atoms with E-state index in [0.717, 1.165) is 69.1 Å². The lowest BCUT2D eigenvalue weighted by atomic mass is 10.0. The van der Waals surface area contributed by atoms with Crippen molar-refractivity contribution in [3.63, 3.8) is 0 Å². The van der Waals surface area contributed by atoms with Crippen molar-refractivity contribution in [2.45, 2.75) is 52.0 Å². The summed E-state index contributed by atoms with van der Waals surface area (Å²) in [7, 11) is 0. The molecule has 9 heteroatoms. The summed E-state index contributed by atoms with van der Waals surface area (Å²) in [5, 5.41) is 3.54. The quantitative estimate of drug-likeness (QED) is 0.251. The second kappa shape index (κ2) is 11.9. The van der Waals surface area contributed by atoms with Crippen molar-refractivity contribution in [1.29, 1.82) is 0 Å². The van der Waals surface area contributed by atoms with Gasteiger partial charge in [-0.05, 0) is 70.1 Å². The Morgan fingerprint density at radius 2 is 1.98 bits per heavy atom. The van der Waals surface area contributed by atoms with Gasteiger partial charge in [0.2, 0.25) is 5.43 Å². The maximum atomic E-state index is 13.8. The minimum atomic E-state index is -0.345. The maximum Gasteiger partial charge on any atom is 0.256 e. The molecule has 2 aliphatic heterocycles. The molecule has 1 N–H and O–H groups in total. The first-order chi connectivity index (χ1) is 20.5. The number of nitrogens with zero attached hydrogens (tertiary/aromatic N) is 5. The lowest BCUT2D eigenvalue weighted by Crippen LogP contribution is -2.36. The molecule has 1 amide bonds. The van der Waals surface area contributed by atoms with Crippen LogP contribution in [0.15, 0.2) is 66.0 Å². The molecule has 2 aromatic heterocycles. The lowest BCUT2D eigenvalue weighted by Gasteiger charge is -2.29. The lowest BCUT2D eigenvalue weighted by molar-refractivity contribution is 0.0935. The van der Waals surface area contributed by atoms with Crippen molar-refractivity contribution in [3.05, 3.63) is 82.7 Å². The molecule has 2 unspecified atom stereocenters. The molecule has 6 rings (SSSR count). The van der Waals surface area contributed by atoms with Gasteiger partial charge in [-0.1, -0.05) is 26.0 Å². The van der Waals surface area contributed by atoms with Gasteiger partial charge in [0.25, 0.3) is 5.91 Å². The zero-order valence-electron chi connectivity index (χ0n) is 24.5. The summed E-state index contributed by atoms with van der Waals surface area (Å²) in [6.45, 7) is 11.0. The van der Waals surface area contributed by atoms with Gasteiger partial charge in [0.15, 0.2) is 11.5 Å². The summed E-state index contributed by atoms with van der Waals surface area (Å²) in [5.74, 6) is 1.24. The third-order valence-electron chi connectivity index (χ3n) is 8.59. The molecule has 0 aliphatic carbocycles. The van der Waals surface area contributed by atoms with Gasteiger partial charge in [0.05, 0.1) is 22.5 Å². The zero-order valence-corrected chi connectivity index (χ0v) is 24.5. The Morgan fingerprint density at radius 3 is 2.76 bits per heavy atom. The van der Waals surface area contributed by atoms with Crippen LogP contribution in [-0.4, -0.2) is 64.1 Å². The molecular weight excluding hydrogens is 528 g/mol. The minimum Gasteiger partial charge on any atom is -0.451 e. The molecule has 2 atom stereocenters. The number of anilines is 1. The number of aromatic nitrogens is 3. The average molecular weight is 567 g/mol. The van der Waals surface area contributed by atoms with Gasteiger partial charge in [-0.15, -0.1) is 0 Å². The minimum absolute atomic E-state index is 0.0458. The fourth-order valence-electron chi connectivity index (χ4n) is 6.21. The molecule has 0 bridgehead atoms. The normalized spacial score (nSPS) is 16.4. The number of fused-ring (bicyclic) bond motifs is 2. The molecule has 42 heavy (non-hydrogen) atoms. The van der Waals surface area contributed by atoms with Crippen LogP contribution in [0.3, 0.4) is 0 Å². The van der Waals surface area contributed by atoms with Crippen molar-refractivity contribution < 1.29 is 9.53 Å². The van der Waals surface area contributed by atoms with Crippen LogP contribution >= 0.6 is 0 Å². The summed E-state index contributed by atoms with van der Waals surface area (Å²) in [6, 6.07) is 11.5. The Labute approximate surface area is 246 Å². The third kappa shape index (κ3) is 5.25. The van der Waals surface area contributed by atoms with E-state index < -0.39 is 0 Å². The van der Waals surface area contributed by atoms with Gasteiger partial charge >= 0.3 is 0 Å². The summed E-state index contributed by atoms with van der Waals surface area (Å²) in [4.78, 5) is 40.7. The standard InChI is InChI=1S/C33H38N6O3/c1-4-37(5-2)17-8-9-22(3)36-33(41)25-21-39-27-10-6-7-11-29(27)42-32-28(13-12-24(30(32)39)31(25)40)38-18-14-23(20-38)26-19-34-15-16-35-26/h6-7,10-13,15-16,19,21-23H,4-5,8-9,14,17-18,20H2,1-3H3,(H,36,41). The number of carbonyl (C=O) groups is 1. The van der Waals surface area contributed by atoms with Crippen molar-refractivity contribution >= 4 is 22.5 Å². The van der Waals surface area contributed by atoms with E-state index in [0.29, 0.717) is 22.4 Å². The Hall–Kier alpha value is -4.24. The maximum absolute atomic E-state index is 13.8. The number of ether oxygens (including phenoxy) is 1.